The zero-order chi connectivity index (χ0) is 10.7. The molecule has 0 aromatic heterocycles. The molecular weight excluding hydrogens is 216 g/mol. The molecule has 78 valence electrons. The van der Waals surface area contributed by atoms with Crippen molar-refractivity contribution in [2.24, 2.45) is 5.90 Å². The van der Waals surface area contributed by atoms with Gasteiger partial charge in [0.05, 0.1) is 18.7 Å². The smallest absolute Gasteiger partial charge is 0.202 e. The highest BCUT2D eigenvalue weighted by Crippen LogP contribution is 2.30. The van der Waals surface area contributed by atoms with Crippen molar-refractivity contribution in [1.29, 1.82) is 0 Å². The van der Waals surface area contributed by atoms with Crippen LogP contribution in [0.15, 0.2) is 6.07 Å². The van der Waals surface area contributed by atoms with Crippen LogP contribution in [0.25, 0.3) is 0 Å². The first-order valence-electron chi connectivity index (χ1n) is 3.63. The Balaban J connectivity index is 3.28. The first-order valence-corrected chi connectivity index (χ1v) is 4.01. The normalized spacial score (nSPS) is 10.4. The average molecular weight is 224 g/mol. The Morgan fingerprint density at radius 1 is 1.43 bits per heavy atom. The Morgan fingerprint density at radius 3 is 2.57 bits per heavy atom. The largest absolute Gasteiger partial charge is 0.493 e. The van der Waals surface area contributed by atoms with Crippen LogP contribution in [-0.2, 0) is 11.4 Å². The highest BCUT2D eigenvalue weighted by atomic mass is 35.5. The van der Waals surface area contributed by atoms with E-state index in [4.69, 9.17) is 17.5 Å². The molecule has 2 N–H and O–H groups in total. The van der Waals surface area contributed by atoms with Crippen molar-refractivity contribution < 1.29 is 18.4 Å². The van der Waals surface area contributed by atoms with E-state index in [9.17, 15) is 8.78 Å². The van der Waals surface area contributed by atoms with Gasteiger partial charge in [0.2, 0.25) is 5.82 Å². The van der Waals surface area contributed by atoms with Crippen LogP contribution in [0.1, 0.15) is 5.56 Å². The molecular formula is C8H8ClF2NO2. The van der Waals surface area contributed by atoms with E-state index in [0.717, 1.165) is 0 Å². The second-order valence-electron chi connectivity index (χ2n) is 2.49. The van der Waals surface area contributed by atoms with E-state index in [-0.39, 0.29) is 22.9 Å². The van der Waals surface area contributed by atoms with Crippen molar-refractivity contribution in [3.63, 3.8) is 0 Å². The molecule has 0 fully saturated rings. The van der Waals surface area contributed by atoms with E-state index < -0.39 is 11.6 Å². The monoisotopic (exact) mass is 223 g/mol. The number of methoxy groups -OCH3 is 1. The van der Waals surface area contributed by atoms with Gasteiger partial charge in [0.25, 0.3) is 0 Å². The maximum Gasteiger partial charge on any atom is 0.202 e. The molecule has 0 aliphatic carbocycles. The van der Waals surface area contributed by atoms with Gasteiger partial charge < -0.3 is 4.74 Å². The van der Waals surface area contributed by atoms with Gasteiger partial charge in [-0.15, -0.1) is 0 Å². The molecule has 0 unspecified atom stereocenters. The fourth-order valence-corrected chi connectivity index (χ4v) is 1.26. The van der Waals surface area contributed by atoms with Crippen LogP contribution in [-0.4, -0.2) is 7.11 Å². The third kappa shape index (κ3) is 1.95. The molecule has 0 radical (unpaired) electrons. The first kappa shape index (κ1) is 11.2. The minimum atomic E-state index is -1.15. The molecule has 14 heavy (non-hydrogen) atoms. The van der Waals surface area contributed by atoms with E-state index in [1.54, 1.807) is 0 Å². The summed E-state index contributed by atoms with van der Waals surface area (Å²) in [5.41, 5.74) is 0.249. The van der Waals surface area contributed by atoms with E-state index in [2.05, 4.69) is 9.57 Å². The fraction of sp³-hybridized carbons (Fsp3) is 0.250. The first-order chi connectivity index (χ1) is 6.61. The lowest BCUT2D eigenvalue weighted by Gasteiger charge is -2.09. The quantitative estimate of drug-likeness (QED) is 0.630. The molecule has 3 nitrogen and oxygen atoms in total. The van der Waals surface area contributed by atoms with Gasteiger partial charge in [-0.05, 0) is 6.07 Å². The Labute approximate surface area is 84.3 Å². The molecule has 0 atom stereocenters. The number of nitrogens with two attached hydrogens (primary N) is 1. The van der Waals surface area contributed by atoms with Crippen LogP contribution in [0.5, 0.6) is 5.75 Å². The predicted octanol–water partition coefficient (Wildman–Crippen LogP) is 2.02. The molecule has 0 bridgehead atoms. The molecule has 0 saturated heterocycles. The lowest BCUT2D eigenvalue weighted by Crippen LogP contribution is -2.04. The van der Waals surface area contributed by atoms with Crippen LogP contribution < -0.4 is 10.6 Å². The third-order valence-corrected chi connectivity index (χ3v) is 1.91. The number of benzene rings is 1. The summed E-state index contributed by atoms with van der Waals surface area (Å²) in [6, 6.07) is 1.20. The van der Waals surface area contributed by atoms with Crippen LogP contribution in [0.2, 0.25) is 5.02 Å². The molecule has 1 aromatic rings. The lowest BCUT2D eigenvalue weighted by atomic mass is 10.2. The Bertz CT molecular complexity index is 347. The second kappa shape index (κ2) is 4.54. The van der Waals surface area contributed by atoms with Crippen molar-refractivity contribution in [1.82, 2.24) is 0 Å². The van der Waals surface area contributed by atoms with E-state index in [0.29, 0.717) is 0 Å². The summed E-state index contributed by atoms with van der Waals surface area (Å²) in [5, 5.41) is -0.338. The summed E-state index contributed by atoms with van der Waals surface area (Å²) >= 11 is 5.42. The molecule has 0 saturated carbocycles. The summed E-state index contributed by atoms with van der Waals surface area (Å²) in [6.07, 6.45) is 0. The third-order valence-electron chi connectivity index (χ3n) is 1.64. The summed E-state index contributed by atoms with van der Waals surface area (Å²) in [4.78, 5) is 4.29. The molecule has 0 spiro atoms. The minimum Gasteiger partial charge on any atom is -0.493 e. The molecule has 1 rings (SSSR count). The summed E-state index contributed by atoms with van der Waals surface area (Å²) in [7, 11) is 1.21. The van der Waals surface area contributed by atoms with Gasteiger partial charge in [0.15, 0.2) is 11.6 Å². The van der Waals surface area contributed by atoms with Crippen molar-refractivity contribution in [2.45, 2.75) is 6.61 Å². The minimum absolute atomic E-state index is 0.111. The predicted molar refractivity (Wildman–Crippen MR) is 46.9 cm³/mol. The molecule has 0 aliphatic rings. The highest BCUT2D eigenvalue weighted by Gasteiger charge is 2.18. The van der Waals surface area contributed by atoms with Crippen LogP contribution >= 0.6 is 11.6 Å². The zero-order valence-electron chi connectivity index (χ0n) is 7.31. The van der Waals surface area contributed by atoms with Gasteiger partial charge in [0.1, 0.15) is 0 Å². The Hall–Kier alpha value is -0.910. The number of rotatable bonds is 3. The molecule has 0 aliphatic heterocycles. The molecule has 6 heteroatoms. The van der Waals surface area contributed by atoms with Crippen molar-refractivity contribution in [3.8, 4) is 5.75 Å². The van der Waals surface area contributed by atoms with Gasteiger partial charge in [-0.25, -0.2) is 10.3 Å². The van der Waals surface area contributed by atoms with Gasteiger partial charge >= 0.3 is 0 Å². The number of hydrogen-bond donors (Lipinski definition) is 1. The summed E-state index contributed by atoms with van der Waals surface area (Å²) in [6.45, 7) is -0.111. The van der Waals surface area contributed by atoms with Gasteiger partial charge in [-0.3, -0.25) is 4.84 Å². The maximum atomic E-state index is 13.2. The zero-order valence-corrected chi connectivity index (χ0v) is 8.07. The second-order valence-corrected chi connectivity index (χ2v) is 2.90. The summed E-state index contributed by atoms with van der Waals surface area (Å²) in [5.74, 6) is 2.26. The van der Waals surface area contributed by atoms with E-state index in [1.165, 1.54) is 13.2 Å². The van der Waals surface area contributed by atoms with Crippen molar-refractivity contribution in [2.75, 3.05) is 7.11 Å². The Morgan fingerprint density at radius 2 is 2.07 bits per heavy atom. The summed E-state index contributed by atoms with van der Waals surface area (Å²) < 4.78 is 30.8. The number of halogens is 3. The number of ether oxygens (including phenoxy) is 1. The van der Waals surface area contributed by atoms with Crippen LogP contribution in [0.3, 0.4) is 0 Å². The van der Waals surface area contributed by atoms with Crippen molar-refractivity contribution in [3.05, 3.63) is 28.3 Å². The molecule has 0 amide bonds. The van der Waals surface area contributed by atoms with Gasteiger partial charge in [-0.2, -0.15) is 4.39 Å². The maximum absolute atomic E-state index is 13.2. The topological polar surface area (TPSA) is 44.5 Å². The van der Waals surface area contributed by atoms with Gasteiger partial charge in [0, 0.05) is 5.56 Å². The van der Waals surface area contributed by atoms with Crippen molar-refractivity contribution >= 4 is 11.6 Å². The van der Waals surface area contributed by atoms with E-state index >= 15 is 0 Å². The SMILES string of the molecule is COc1c(CON)cc(Cl)c(F)c1F. The van der Waals surface area contributed by atoms with Gasteiger partial charge in [-0.1, -0.05) is 11.6 Å². The van der Waals surface area contributed by atoms with Crippen LogP contribution in [0, 0.1) is 11.6 Å². The lowest BCUT2D eigenvalue weighted by molar-refractivity contribution is 0.121. The standard InChI is InChI=1S/C8H8ClF2NO2/c1-13-8-4(3-14-12)2-5(9)6(10)7(8)11/h2H,3,12H2,1H3. The fourth-order valence-electron chi connectivity index (χ4n) is 1.05. The average Bonchev–Trinajstić information content (AvgIpc) is 2.16. The highest BCUT2D eigenvalue weighted by molar-refractivity contribution is 6.30. The van der Waals surface area contributed by atoms with E-state index in [1.807, 2.05) is 0 Å². The molecule has 0 heterocycles. The Kier molecular flexibility index (Phi) is 3.62. The molecule has 1 aromatic carbocycles. The van der Waals surface area contributed by atoms with Crippen LogP contribution in [0.4, 0.5) is 8.78 Å². The number of hydrogen-bond acceptors (Lipinski definition) is 3.